The minimum atomic E-state index is -1.03. The molecule has 0 saturated carbocycles. The molecule has 0 aliphatic rings. The fourth-order valence-electron chi connectivity index (χ4n) is 4.12. The quantitative estimate of drug-likeness (QED) is 0.0860. The molecule has 14 heteroatoms. The number of Topliss-reactive ketones (excluding diaryl/α,β-unsaturated/α-hetero) is 2. The Kier molecular flexibility index (Phi) is 25.0. The number of nitrogens with one attached hydrogen (secondary N) is 1. The number of ether oxygens (including phenoxy) is 3. The smallest absolute Gasteiger partial charge is 0.469 e. The fourth-order valence-corrected chi connectivity index (χ4v) is 4.12. The first-order chi connectivity index (χ1) is 25.1. The molecule has 0 aliphatic heterocycles. The van der Waals surface area contributed by atoms with Gasteiger partial charge in [-0.3, -0.25) is 38.0 Å². The van der Waals surface area contributed by atoms with E-state index in [0.717, 1.165) is 11.1 Å². The molecule has 0 fully saturated rings. The second-order valence-electron chi connectivity index (χ2n) is 11.9. The topological polar surface area (TPSA) is 188 Å². The molecule has 0 heterocycles. The summed E-state index contributed by atoms with van der Waals surface area (Å²) >= 11 is 4.82. The summed E-state index contributed by atoms with van der Waals surface area (Å²) in [7, 11) is 1.24. The first-order valence-electron chi connectivity index (χ1n) is 17.0. The maximum absolute atomic E-state index is 12.4. The third-order valence-electron chi connectivity index (χ3n) is 7.36. The molecule has 0 unspecified atom stereocenters. The van der Waals surface area contributed by atoms with Crippen LogP contribution in [0.2, 0.25) is 0 Å². The van der Waals surface area contributed by atoms with Gasteiger partial charge in [0.15, 0.2) is 12.6 Å². The van der Waals surface area contributed by atoms with E-state index in [4.69, 9.17) is 21.1 Å². The molecule has 2 rings (SSSR count). The van der Waals surface area contributed by atoms with Crippen LogP contribution < -0.4 is 5.32 Å². The highest BCUT2D eigenvalue weighted by molar-refractivity contribution is 6.63. The van der Waals surface area contributed by atoms with Crippen molar-refractivity contribution >= 4 is 65.0 Å². The second-order valence-corrected chi connectivity index (χ2v) is 12.3. The van der Waals surface area contributed by atoms with E-state index >= 15 is 0 Å². The van der Waals surface area contributed by atoms with Gasteiger partial charge in [-0.1, -0.05) is 88.4 Å². The number of methoxy groups -OCH3 is 1. The van der Waals surface area contributed by atoms with Crippen LogP contribution in [-0.4, -0.2) is 66.5 Å². The van der Waals surface area contributed by atoms with Crippen molar-refractivity contribution in [1.29, 1.82) is 0 Å². The number of amides is 1. The Morgan fingerprint density at radius 2 is 1.13 bits per heavy atom. The molecular weight excluding hydrogens is 710 g/mol. The first-order valence-corrected chi connectivity index (χ1v) is 17.4. The average Bonchev–Trinajstić information content (AvgIpc) is 3.16. The van der Waals surface area contributed by atoms with Gasteiger partial charge in [0.25, 0.3) is 0 Å². The van der Waals surface area contributed by atoms with Crippen LogP contribution in [0, 0.1) is 17.8 Å². The summed E-state index contributed by atoms with van der Waals surface area (Å²) in [5.41, 5.74) is 1.71. The summed E-state index contributed by atoms with van der Waals surface area (Å²) in [5, 5.41) is 2.24. The summed E-state index contributed by atoms with van der Waals surface area (Å²) in [4.78, 5) is 92.1. The number of halogens is 1. The number of carbonyl (C=O) groups excluding carboxylic acids is 9. The zero-order chi connectivity index (χ0) is 40.3. The Labute approximate surface area is 315 Å². The predicted molar refractivity (Wildman–Crippen MR) is 196 cm³/mol. The lowest BCUT2D eigenvalue weighted by Gasteiger charge is -2.18. The fraction of sp³-hybridized carbons (Fsp3) is 0.462. The summed E-state index contributed by atoms with van der Waals surface area (Å²) in [6.07, 6.45) is 0.217. The minimum absolute atomic E-state index is 0.00217. The molecule has 2 aromatic rings. The van der Waals surface area contributed by atoms with Crippen LogP contribution in [0.1, 0.15) is 84.3 Å². The van der Waals surface area contributed by atoms with Crippen molar-refractivity contribution in [3.05, 3.63) is 71.8 Å². The van der Waals surface area contributed by atoms with E-state index in [1.165, 1.54) is 7.11 Å². The number of rotatable bonds is 19. The molecule has 13 nitrogen and oxygen atoms in total. The van der Waals surface area contributed by atoms with Gasteiger partial charge in [-0.15, -0.1) is 0 Å². The van der Waals surface area contributed by atoms with Crippen molar-refractivity contribution in [1.82, 2.24) is 5.32 Å². The second kappa shape index (κ2) is 27.6. The van der Waals surface area contributed by atoms with Crippen LogP contribution in [0.3, 0.4) is 0 Å². The lowest BCUT2D eigenvalue weighted by molar-refractivity contribution is -0.373. The maximum atomic E-state index is 12.4. The highest BCUT2D eigenvalue weighted by Crippen LogP contribution is 2.14. The standard InChI is InChI=1S/C19H25NO6.C17H21O5.C3H5ClO/c1-4-17(22)20-15(16(21)10-13(2)19(24)25-3)11-18(23)26-12-14-8-6-5-7-9-14;1-12(15(18)9-13(2)17(20)21-3)10-16(19)22-11-14-7-5-4-6-8-14;1-2-3(4)5/h5-9,13,15H,4,10-12H2,1-3H3,(H,20,22);4-8,12-13H,3,9-11H2,1-2H3;2H2,1H3/q;+1;/t13-,15-;12-,13-;/m11./s1. The van der Waals surface area contributed by atoms with Crippen LogP contribution >= 0.6 is 11.6 Å². The van der Waals surface area contributed by atoms with E-state index < -0.39 is 53.5 Å². The van der Waals surface area contributed by atoms with Gasteiger partial charge in [-0.05, 0) is 29.7 Å². The summed E-state index contributed by atoms with van der Waals surface area (Å²) in [5.74, 6) is -4.75. The van der Waals surface area contributed by atoms with Crippen LogP contribution in [0.4, 0.5) is 0 Å². The van der Waals surface area contributed by atoms with Crippen molar-refractivity contribution in [2.45, 2.75) is 92.4 Å². The van der Waals surface area contributed by atoms with E-state index in [2.05, 4.69) is 21.3 Å². The van der Waals surface area contributed by atoms with Crippen LogP contribution in [0.25, 0.3) is 0 Å². The Morgan fingerprint density at radius 1 is 0.679 bits per heavy atom. The van der Waals surface area contributed by atoms with Gasteiger partial charge >= 0.3 is 23.9 Å². The molecule has 0 bridgehead atoms. The molecule has 0 saturated heterocycles. The molecule has 53 heavy (non-hydrogen) atoms. The third kappa shape index (κ3) is 22.5. The third-order valence-corrected chi connectivity index (χ3v) is 7.63. The van der Waals surface area contributed by atoms with Crippen molar-refractivity contribution < 1.29 is 57.0 Å². The molecule has 1 amide bonds. The summed E-state index contributed by atoms with van der Waals surface area (Å²) in [6.45, 7) is 11.4. The largest absolute Gasteiger partial charge is 0.582 e. The maximum Gasteiger partial charge on any atom is 0.582 e. The monoisotopic (exact) mass is 760 g/mol. The van der Waals surface area contributed by atoms with Crippen LogP contribution in [0.5, 0.6) is 0 Å². The SMILES string of the molecule is C=[O+]C(=O)[C@H](C)CC(=O)[C@H](C)CC(=O)OCc1ccccc1.CCC(=O)Cl.CCC(=O)N[C@H](CC(=O)OCc1ccccc1)C(=O)C[C@@H](C)C(=O)OC. The van der Waals surface area contributed by atoms with Gasteiger partial charge in [0.05, 0.1) is 31.9 Å². The highest BCUT2D eigenvalue weighted by Gasteiger charge is 2.30. The van der Waals surface area contributed by atoms with Crippen molar-refractivity contribution in [3.8, 4) is 0 Å². The van der Waals surface area contributed by atoms with Gasteiger partial charge < -0.3 is 19.5 Å². The summed E-state index contributed by atoms with van der Waals surface area (Å²) in [6, 6.07) is 17.4. The van der Waals surface area contributed by atoms with Gasteiger partial charge in [-0.2, -0.15) is 0 Å². The number of hydrogen-bond donors (Lipinski definition) is 1. The highest BCUT2D eigenvalue weighted by atomic mass is 35.5. The Hall–Kier alpha value is -5.04. The van der Waals surface area contributed by atoms with Gasteiger partial charge in [0, 0.05) is 36.4 Å². The van der Waals surface area contributed by atoms with Crippen molar-refractivity contribution in [3.63, 3.8) is 0 Å². The summed E-state index contributed by atoms with van der Waals surface area (Å²) < 4.78 is 19.2. The molecule has 0 aliphatic carbocycles. The zero-order valence-electron chi connectivity index (χ0n) is 31.2. The number of hydrogen-bond acceptors (Lipinski definition) is 11. The molecule has 1 N–H and O–H groups in total. The van der Waals surface area contributed by atoms with Crippen LogP contribution in [0.15, 0.2) is 60.7 Å². The number of carbonyl (C=O) groups is 8. The van der Waals surface area contributed by atoms with Gasteiger partial charge in [0.1, 0.15) is 24.9 Å². The van der Waals surface area contributed by atoms with E-state index in [1.54, 1.807) is 34.6 Å². The first kappa shape index (κ1) is 48.0. The lowest BCUT2D eigenvalue weighted by Crippen LogP contribution is -2.43. The molecule has 290 valence electrons. The molecule has 0 radical (unpaired) electrons. The zero-order valence-corrected chi connectivity index (χ0v) is 32.0. The lowest BCUT2D eigenvalue weighted by atomic mass is 9.94. The van der Waals surface area contributed by atoms with Gasteiger partial charge in [-0.25, -0.2) is 0 Å². The van der Waals surface area contributed by atoms with Crippen molar-refractivity contribution in [2.24, 2.45) is 17.8 Å². The normalized spacial score (nSPS) is 12.3. The number of ketones is 2. The van der Waals surface area contributed by atoms with E-state index in [9.17, 15) is 38.4 Å². The van der Waals surface area contributed by atoms with Gasteiger partial charge in [0.2, 0.25) is 11.1 Å². The van der Waals surface area contributed by atoms with E-state index in [1.807, 2.05) is 60.7 Å². The molecular formula is C39H51ClNO12+. The van der Waals surface area contributed by atoms with E-state index in [-0.39, 0.29) is 62.3 Å². The van der Waals surface area contributed by atoms with Crippen molar-refractivity contribution in [2.75, 3.05) is 7.11 Å². The predicted octanol–water partition coefficient (Wildman–Crippen LogP) is 5.19. The number of esters is 3. The molecule has 4 atom stereocenters. The Bertz CT molecular complexity index is 1500. The minimum Gasteiger partial charge on any atom is -0.469 e. The van der Waals surface area contributed by atoms with E-state index in [0.29, 0.717) is 6.42 Å². The molecule has 2 aromatic carbocycles. The molecule has 0 spiro atoms. The number of benzene rings is 2. The average molecular weight is 761 g/mol. The molecule has 0 aromatic heterocycles. The Morgan fingerprint density at radius 3 is 1.55 bits per heavy atom. The Balaban J connectivity index is 0.000000913. The van der Waals surface area contributed by atoms with Crippen LogP contribution in [-0.2, 0) is 70.2 Å².